The Morgan fingerprint density at radius 1 is 1.09 bits per heavy atom. The van der Waals surface area contributed by atoms with E-state index < -0.39 is 21.9 Å². The highest BCUT2D eigenvalue weighted by atomic mass is 32.2. The molecule has 0 aliphatic carbocycles. The fraction of sp³-hybridized carbons (Fsp3) is 0.0714. The molecule has 2 aromatic rings. The van der Waals surface area contributed by atoms with Crippen molar-refractivity contribution in [3.05, 3.63) is 59.9 Å². The first-order valence-electron chi connectivity index (χ1n) is 6.27. The predicted molar refractivity (Wildman–Crippen MR) is 80.1 cm³/mol. The van der Waals surface area contributed by atoms with Crippen molar-refractivity contribution in [2.75, 3.05) is 5.32 Å². The lowest BCUT2D eigenvalue weighted by atomic mass is 10.2. The van der Waals surface area contributed by atoms with Gasteiger partial charge in [-0.2, -0.15) is 0 Å². The van der Waals surface area contributed by atoms with Gasteiger partial charge >= 0.3 is 6.03 Å². The molecule has 6 nitrogen and oxygen atoms in total. The van der Waals surface area contributed by atoms with Gasteiger partial charge in [0.25, 0.3) is 0 Å². The van der Waals surface area contributed by atoms with E-state index in [2.05, 4.69) is 10.6 Å². The van der Waals surface area contributed by atoms with Crippen LogP contribution in [0.1, 0.15) is 5.56 Å². The normalized spacial score (nSPS) is 11.0. The van der Waals surface area contributed by atoms with Crippen LogP contribution in [0.2, 0.25) is 0 Å². The molecule has 0 atom stereocenters. The lowest BCUT2D eigenvalue weighted by Crippen LogP contribution is -2.28. The summed E-state index contributed by atoms with van der Waals surface area (Å²) in [6.07, 6.45) is 0. The second-order valence-corrected chi connectivity index (χ2v) is 6.03. The average molecular weight is 323 g/mol. The summed E-state index contributed by atoms with van der Waals surface area (Å²) < 4.78 is 35.6. The number of benzene rings is 2. The van der Waals surface area contributed by atoms with E-state index in [9.17, 15) is 17.6 Å². The van der Waals surface area contributed by atoms with E-state index >= 15 is 0 Å². The van der Waals surface area contributed by atoms with Crippen LogP contribution in [0.15, 0.2) is 53.4 Å². The van der Waals surface area contributed by atoms with Gasteiger partial charge in [-0.1, -0.05) is 18.2 Å². The minimum absolute atomic E-state index is 0.0355. The quantitative estimate of drug-likeness (QED) is 0.799. The Bertz CT molecular complexity index is 776. The molecule has 0 aliphatic heterocycles. The summed E-state index contributed by atoms with van der Waals surface area (Å²) in [5.74, 6) is -0.402. The van der Waals surface area contributed by atoms with Crippen LogP contribution in [0.25, 0.3) is 0 Å². The number of rotatable bonds is 4. The van der Waals surface area contributed by atoms with Crippen molar-refractivity contribution >= 4 is 21.7 Å². The van der Waals surface area contributed by atoms with Gasteiger partial charge in [0.1, 0.15) is 5.82 Å². The number of primary sulfonamides is 1. The van der Waals surface area contributed by atoms with Gasteiger partial charge in [-0.05, 0) is 30.3 Å². The number of carbonyl (C=O) groups excluding carboxylic acids is 1. The van der Waals surface area contributed by atoms with E-state index in [1.807, 2.05) is 0 Å². The summed E-state index contributed by atoms with van der Waals surface area (Å²) >= 11 is 0. The van der Waals surface area contributed by atoms with Gasteiger partial charge in [0.2, 0.25) is 10.0 Å². The summed E-state index contributed by atoms with van der Waals surface area (Å²) in [7, 11) is -3.77. The topological polar surface area (TPSA) is 101 Å². The number of hydrogen-bond donors (Lipinski definition) is 3. The first-order chi connectivity index (χ1) is 10.4. The van der Waals surface area contributed by atoms with Gasteiger partial charge in [-0.15, -0.1) is 0 Å². The van der Waals surface area contributed by atoms with Crippen molar-refractivity contribution in [3.8, 4) is 0 Å². The second kappa shape index (κ2) is 6.54. The summed E-state index contributed by atoms with van der Waals surface area (Å²) in [4.78, 5) is 11.6. The van der Waals surface area contributed by atoms with E-state index in [1.165, 1.54) is 30.3 Å². The molecule has 0 saturated carbocycles. The maximum Gasteiger partial charge on any atom is 0.319 e. The van der Waals surface area contributed by atoms with E-state index in [1.54, 1.807) is 18.2 Å². The molecule has 0 bridgehead atoms. The Morgan fingerprint density at radius 3 is 2.32 bits per heavy atom. The SMILES string of the molecule is NS(=O)(=O)c1ccc(NC(=O)NCc2ccccc2F)cc1. The van der Waals surface area contributed by atoms with Crippen LogP contribution in [0.4, 0.5) is 14.9 Å². The van der Waals surface area contributed by atoms with Gasteiger partial charge in [-0.25, -0.2) is 22.7 Å². The van der Waals surface area contributed by atoms with E-state index in [0.29, 0.717) is 11.3 Å². The maximum absolute atomic E-state index is 13.4. The highest BCUT2D eigenvalue weighted by Crippen LogP contribution is 2.12. The summed E-state index contributed by atoms with van der Waals surface area (Å²) in [5, 5.41) is 9.97. The monoisotopic (exact) mass is 323 g/mol. The van der Waals surface area contributed by atoms with Gasteiger partial charge in [0, 0.05) is 17.8 Å². The number of hydrogen-bond acceptors (Lipinski definition) is 3. The Kier molecular flexibility index (Phi) is 4.74. The Labute approximate surface area is 127 Å². The smallest absolute Gasteiger partial charge is 0.319 e. The number of carbonyl (C=O) groups is 1. The number of halogens is 1. The molecule has 4 N–H and O–H groups in total. The van der Waals surface area contributed by atoms with Crippen molar-refractivity contribution < 1.29 is 17.6 Å². The first-order valence-corrected chi connectivity index (χ1v) is 7.82. The Hall–Kier alpha value is -2.45. The average Bonchev–Trinajstić information content (AvgIpc) is 2.46. The second-order valence-electron chi connectivity index (χ2n) is 4.47. The van der Waals surface area contributed by atoms with Crippen LogP contribution in [-0.4, -0.2) is 14.4 Å². The molecule has 116 valence electrons. The molecule has 0 radical (unpaired) electrons. The molecule has 2 amide bonds. The molecular weight excluding hydrogens is 309 g/mol. The maximum atomic E-state index is 13.4. The molecule has 0 aromatic heterocycles. The lowest BCUT2D eigenvalue weighted by molar-refractivity contribution is 0.251. The van der Waals surface area contributed by atoms with Crippen LogP contribution >= 0.6 is 0 Å². The van der Waals surface area contributed by atoms with E-state index in [0.717, 1.165) is 0 Å². The standard InChI is InChI=1S/C14H14FN3O3S/c15-13-4-2-1-3-10(13)9-17-14(19)18-11-5-7-12(8-6-11)22(16,20)21/h1-8H,9H2,(H2,16,20,21)(H2,17,18,19). The summed E-state index contributed by atoms with van der Waals surface area (Å²) in [6.45, 7) is 0.0355. The number of urea groups is 1. The fourth-order valence-electron chi connectivity index (χ4n) is 1.72. The third-order valence-corrected chi connectivity index (χ3v) is 3.77. The fourth-order valence-corrected chi connectivity index (χ4v) is 2.24. The molecule has 8 heteroatoms. The molecule has 2 rings (SSSR count). The van der Waals surface area contributed by atoms with Crippen molar-refractivity contribution in [1.82, 2.24) is 5.32 Å². The van der Waals surface area contributed by atoms with Crippen molar-refractivity contribution in [3.63, 3.8) is 0 Å². The molecule has 0 saturated heterocycles. The van der Waals surface area contributed by atoms with Crippen molar-refractivity contribution in [1.29, 1.82) is 0 Å². The number of nitrogens with one attached hydrogen (secondary N) is 2. The zero-order chi connectivity index (χ0) is 16.2. The predicted octanol–water partition coefficient (Wildman–Crippen LogP) is 1.79. The van der Waals surface area contributed by atoms with Gasteiger partial charge < -0.3 is 10.6 Å². The van der Waals surface area contributed by atoms with Crippen LogP contribution in [-0.2, 0) is 16.6 Å². The van der Waals surface area contributed by atoms with Gasteiger partial charge in [0.15, 0.2) is 0 Å². The van der Waals surface area contributed by atoms with Crippen molar-refractivity contribution in [2.24, 2.45) is 5.14 Å². The molecular formula is C14H14FN3O3S. The van der Waals surface area contributed by atoms with E-state index in [-0.39, 0.29) is 11.4 Å². The van der Waals surface area contributed by atoms with E-state index in [4.69, 9.17) is 5.14 Å². The largest absolute Gasteiger partial charge is 0.334 e. The molecule has 0 aliphatic rings. The van der Waals surface area contributed by atoms with Gasteiger partial charge in [0.05, 0.1) is 4.90 Å². The number of anilines is 1. The number of nitrogens with two attached hydrogens (primary N) is 1. The Balaban J connectivity index is 1.94. The van der Waals surface area contributed by atoms with Crippen molar-refractivity contribution in [2.45, 2.75) is 11.4 Å². The number of amides is 2. The highest BCUT2D eigenvalue weighted by Gasteiger charge is 2.08. The zero-order valence-electron chi connectivity index (χ0n) is 11.4. The van der Waals surface area contributed by atoms with Crippen LogP contribution in [0.3, 0.4) is 0 Å². The van der Waals surface area contributed by atoms with Crippen LogP contribution in [0, 0.1) is 5.82 Å². The Morgan fingerprint density at radius 2 is 1.73 bits per heavy atom. The van der Waals surface area contributed by atoms with Gasteiger partial charge in [-0.3, -0.25) is 0 Å². The molecule has 0 spiro atoms. The third kappa shape index (κ3) is 4.27. The van der Waals surface area contributed by atoms with Crippen LogP contribution < -0.4 is 15.8 Å². The number of sulfonamides is 1. The van der Waals surface area contributed by atoms with Crippen LogP contribution in [0.5, 0.6) is 0 Å². The minimum atomic E-state index is -3.77. The molecule has 2 aromatic carbocycles. The molecule has 0 heterocycles. The molecule has 22 heavy (non-hydrogen) atoms. The highest BCUT2D eigenvalue weighted by molar-refractivity contribution is 7.89. The summed E-state index contributed by atoms with van der Waals surface area (Å²) in [6, 6.07) is 10.9. The molecule has 0 unspecified atom stereocenters. The molecule has 0 fully saturated rings. The zero-order valence-corrected chi connectivity index (χ0v) is 12.2. The first kappa shape index (κ1) is 15.9. The third-order valence-electron chi connectivity index (χ3n) is 2.84. The summed E-state index contributed by atoms with van der Waals surface area (Å²) in [5.41, 5.74) is 0.751. The lowest BCUT2D eigenvalue weighted by Gasteiger charge is -2.08. The minimum Gasteiger partial charge on any atom is -0.334 e.